The molecule has 1 N–H and O–H groups in total. The van der Waals surface area contributed by atoms with Gasteiger partial charge in [0.2, 0.25) is 0 Å². The second kappa shape index (κ2) is 5.80. The third-order valence-electron chi connectivity index (χ3n) is 3.29. The fourth-order valence-corrected chi connectivity index (χ4v) is 2.39. The summed E-state index contributed by atoms with van der Waals surface area (Å²) in [5.41, 5.74) is 2.56. The molecule has 3 atom stereocenters. The molecule has 0 spiro atoms. The van der Waals surface area contributed by atoms with E-state index >= 15 is 0 Å². The zero-order valence-corrected chi connectivity index (χ0v) is 10.4. The summed E-state index contributed by atoms with van der Waals surface area (Å²) in [6, 6.07) is -0.676. The molecule has 1 saturated heterocycles. The van der Waals surface area contributed by atoms with Crippen molar-refractivity contribution in [2.45, 2.75) is 44.8 Å². The lowest BCUT2D eigenvalue weighted by atomic mass is 10.0. The molecule has 1 heterocycles. The predicted octanol–water partition coefficient (Wildman–Crippen LogP) is 0.108. The molecule has 17 heavy (non-hydrogen) atoms. The highest BCUT2D eigenvalue weighted by Crippen LogP contribution is 2.25. The SMILES string of the molecule is C#CONC(C(C)=O)[C@H]1CC[C@H](C(C)=O)N1C. The number of hydroxylamine groups is 1. The summed E-state index contributed by atoms with van der Waals surface area (Å²) in [5, 5.41) is 0. The van der Waals surface area contributed by atoms with Crippen LogP contribution in [0.5, 0.6) is 0 Å². The van der Waals surface area contributed by atoms with Gasteiger partial charge in [0.15, 0.2) is 5.78 Å². The van der Waals surface area contributed by atoms with Gasteiger partial charge < -0.3 is 4.84 Å². The molecule has 0 aromatic carbocycles. The molecule has 1 aliphatic rings. The third kappa shape index (κ3) is 3.05. The van der Waals surface area contributed by atoms with Gasteiger partial charge in [0, 0.05) is 6.04 Å². The summed E-state index contributed by atoms with van der Waals surface area (Å²) in [4.78, 5) is 29.5. The van der Waals surface area contributed by atoms with Gasteiger partial charge in [-0.25, -0.2) is 0 Å². The van der Waals surface area contributed by atoms with Gasteiger partial charge in [-0.1, -0.05) is 6.42 Å². The zero-order chi connectivity index (χ0) is 13.0. The van der Waals surface area contributed by atoms with E-state index in [1.165, 1.54) is 6.92 Å². The smallest absolute Gasteiger partial charge is 0.151 e. The number of nitrogens with one attached hydrogen (secondary N) is 1. The number of hydrogen-bond donors (Lipinski definition) is 1. The highest BCUT2D eigenvalue weighted by atomic mass is 16.6. The van der Waals surface area contributed by atoms with Crippen LogP contribution in [0.15, 0.2) is 0 Å². The lowest BCUT2D eigenvalue weighted by molar-refractivity contribution is -0.126. The van der Waals surface area contributed by atoms with Crippen molar-refractivity contribution >= 4 is 11.6 Å². The first-order valence-corrected chi connectivity index (χ1v) is 5.58. The molecule has 0 aromatic heterocycles. The molecule has 94 valence electrons. The Hall–Kier alpha value is -1.38. The highest BCUT2D eigenvalue weighted by Gasteiger charge is 2.39. The van der Waals surface area contributed by atoms with E-state index in [0.29, 0.717) is 0 Å². The van der Waals surface area contributed by atoms with E-state index in [4.69, 9.17) is 6.42 Å². The van der Waals surface area contributed by atoms with Gasteiger partial charge in [-0.15, -0.1) is 5.48 Å². The van der Waals surface area contributed by atoms with E-state index < -0.39 is 6.04 Å². The maximum Gasteiger partial charge on any atom is 0.151 e. The lowest BCUT2D eigenvalue weighted by Crippen LogP contribution is -2.51. The van der Waals surface area contributed by atoms with E-state index in [-0.39, 0.29) is 23.7 Å². The minimum atomic E-state index is -0.500. The zero-order valence-electron chi connectivity index (χ0n) is 10.4. The summed E-state index contributed by atoms with van der Waals surface area (Å²) in [6.45, 7) is 3.05. The number of carbonyl (C=O) groups is 2. The molecular weight excluding hydrogens is 220 g/mol. The molecule has 0 radical (unpaired) electrons. The molecule has 1 aliphatic heterocycles. The van der Waals surface area contributed by atoms with Crippen LogP contribution in [-0.2, 0) is 14.4 Å². The number of hydrogen-bond acceptors (Lipinski definition) is 5. The van der Waals surface area contributed by atoms with Gasteiger partial charge in [0.1, 0.15) is 17.9 Å². The van der Waals surface area contributed by atoms with Crippen LogP contribution < -0.4 is 5.48 Å². The van der Waals surface area contributed by atoms with E-state index in [9.17, 15) is 9.59 Å². The molecule has 5 heteroatoms. The van der Waals surface area contributed by atoms with Crippen LogP contribution in [0.3, 0.4) is 0 Å². The molecule has 5 nitrogen and oxygen atoms in total. The molecular formula is C12H18N2O3. The van der Waals surface area contributed by atoms with Gasteiger partial charge in [-0.2, -0.15) is 0 Å². The Kier molecular flexibility index (Phi) is 4.67. The standard InChI is InChI=1S/C12H18N2O3/c1-5-17-13-12(9(3)16)11-7-6-10(8(2)15)14(11)4/h1,10-13H,6-7H2,2-4H3/t10-,11-,12?/m1/s1. The van der Waals surface area contributed by atoms with Gasteiger partial charge in [0.25, 0.3) is 0 Å². The number of rotatable bonds is 5. The summed E-state index contributed by atoms with van der Waals surface area (Å²) in [5.74, 6) is 0.0662. The number of likely N-dealkylation sites (N-methyl/N-ethyl adjacent to an activating group) is 1. The molecule has 1 rings (SSSR count). The number of nitrogens with zero attached hydrogens (tertiary/aromatic N) is 1. The average molecular weight is 238 g/mol. The van der Waals surface area contributed by atoms with Crippen molar-refractivity contribution in [3.8, 4) is 12.5 Å². The first-order valence-electron chi connectivity index (χ1n) is 5.58. The quantitative estimate of drug-likeness (QED) is 0.544. The van der Waals surface area contributed by atoms with Gasteiger partial charge in [-0.05, 0) is 33.7 Å². The Morgan fingerprint density at radius 3 is 2.53 bits per heavy atom. The van der Waals surface area contributed by atoms with Crippen molar-refractivity contribution in [3.05, 3.63) is 0 Å². The fraction of sp³-hybridized carbons (Fsp3) is 0.667. The van der Waals surface area contributed by atoms with Gasteiger partial charge in [-0.3, -0.25) is 14.5 Å². The molecule has 1 unspecified atom stereocenters. The lowest BCUT2D eigenvalue weighted by Gasteiger charge is -2.29. The van der Waals surface area contributed by atoms with Crippen molar-refractivity contribution in [2.24, 2.45) is 0 Å². The largest absolute Gasteiger partial charge is 0.356 e. The highest BCUT2D eigenvalue weighted by molar-refractivity contribution is 5.84. The maximum absolute atomic E-state index is 11.5. The molecule has 0 saturated carbocycles. The summed E-state index contributed by atoms with van der Waals surface area (Å²) >= 11 is 0. The first-order chi connectivity index (χ1) is 7.99. The molecule has 1 fully saturated rings. The Balaban J connectivity index is 2.73. The Bertz CT molecular complexity index is 348. The van der Waals surface area contributed by atoms with Crippen LogP contribution in [0.2, 0.25) is 0 Å². The number of likely N-dealkylation sites (tertiary alicyclic amines) is 1. The van der Waals surface area contributed by atoms with E-state index in [1.807, 2.05) is 18.1 Å². The fourth-order valence-electron chi connectivity index (χ4n) is 2.39. The molecule has 0 amide bonds. The summed E-state index contributed by atoms with van der Waals surface area (Å²) < 4.78 is 0. The normalized spacial score (nSPS) is 26.2. The van der Waals surface area contributed by atoms with Crippen LogP contribution in [-0.4, -0.2) is 41.6 Å². The van der Waals surface area contributed by atoms with Crippen molar-refractivity contribution in [1.82, 2.24) is 10.4 Å². The predicted molar refractivity (Wildman–Crippen MR) is 62.8 cm³/mol. The van der Waals surface area contributed by atoms with Crippen LogP contribution in [0.25, 0.3) is 0 Å². The Morgan fingerprint density at radius 1 is 1.47 bits per heavy atom. The summed E-state index contributed by atoms with van der Waals surface area (Å²) in [7, 11) is 1.84. The van der Waals surface area contributed by atoms with E-state index in [1.54, 1.807) is 6.92 Å². The topological polar surface area (TPSA) is 58.6 Å². The summed E-state index contributed by atoms with van der Waals surface area (Å²) in [6.07, 6.45) is 8.48. The minimum Gasteiger partial charge on any atom is -0.356 e. The Labute approximate surface area is 101 Å². The van der Waals surface area contributed by atoms with Crippen LogP contribution in [0.1, 0.15) is 26.7 Å². The van der Waals surface area contributed by atoms with Crippen molar-refractivity contribution < 1.29 is 14.4 Å². The number of Topliss-reactive ketones (excluding diaryl/α,β-unsaturated/α-hetero) is 2. The van der Waals surface area contributed by atoms with Crippen LogP contribution in [0.4, 0.5) is 0 Å². The Morgan fingerprint density at radius 2 is 2.12 bits per heavy atom. The van der Waals surface area contributed by atoms with Gasteiger partial charge in [0.05, 0.1) is 6.04 Å². The first kappa shape index (κ1) is 13.7. The van der Waals surface area contributed by atoms with Crippen molar-refractivity contribution in [2.75, 3.05) is 7.05 Å². The van der Waals surface area contributed by atoms with Gasteiger partial charge >= 0.3 is 0 Å². The van der Waals surface area contributed by atoms with Crippen molar-refractivity contribution in [3.63, 3.8) is 0 Å². The van der Waals surface area contributed by atoms with Crippen LogP contribution >= 0.6 is 0 Å². The second-order valence-electron chi connectivity index (χ2n) is 4.36. The van der Waals surface area contributed by atoms with E-state index in [0.717, 1.165) is 12.8 Å². The second-order valence-corrected chi connectivity index (χ2v) is 4.36. The number of terminal acetylenes is 1. The number of ketones is 2. The third-order valence-corrected chi connectivity index (χ3v) is 3.29. The number of carbonyl (C=O) groups excluding carboxylic acids is 2. The maximum atomic E-state index is 11.5. The van der Waals surface area contributed by atoms with E-state index in [2.05, 4.69) is 10.3 Å². The minimum absolute atomic E-state index is 0.0543. The average Bonchev–Trinajstić information content (AvgIpc) is 2.61. The van der Waals surface area contributed by atoms with Crippen molar-refractivity contribution in [1.29, 1.82) is 0 Å². The molecule has 0 aromatic rings. The molecule has 0 aliphatic carbocycles. The molecule has 0 bridgehead atoms. The van der Waals surface area contributed by atoms with Crippen LogP contribution in [0, 0.1) is 12.5 Å². The monoisotopic (exact) mass is 238 g/mol.